The topological polar surface area (TPSA) is 99.1 Å². The Morgan fingerprint density at radius 1 is 1.48 bits per heavy atom. The second-order valence-electron chi connectivity index (χ2n) is 6.98. The molecule has 0 bridgehead atoms. The van der Waals surface area contributed by atoms with Gasteiger partial charge in [0.1, 0.15) is 24.6 Å². The van der Waals surface area contributed by atoms with Gasteiger partial charge in [0.15, 0.2) is 0 Å². The van der Waals surface area contributed by atoms with E-state index >= 15 is 0 Å². The zero-order valence-electron chi connectivity index (χ0n) is 15.8. The highest BCUT2D eigenvalue weighted by Crippen LogP contribution is 2.37. The minimum atomic E-state index is -0.973. The molecule has 27 heavy (non-hydrogen) atoms. The first-order chi connectivity index (χ1) is 12.8. The molecule has 148 valence electrons. The van der Waals surface area contributed by atoms with E-state index in [0.717, 1.165) is 0 Å². The number of aliphatic hydroxyl groups excluding tert-OH is 1. The van der Waals surface area contributed by atoms with E-state index in [0.29, 0.717) is 30.3 Å². The van der Waals surface area contributed by atoms with Crippen LogP contribution in [0.25, 0.3) is 0 Å². The van der Waals surface area contributed by atoms with Crippen molar-refractivity contribution in [1.29, 1.82) is 0 Å². The number of ether oxygens (including phenoxy) is 3. The molecule has 1 aliphatic heterocycles. The molecule has 0 saturated carbocycles. The summed E-state index contributed by atoms with van der Waals surface area (Å²) in [6, 6.07) is 0. The van der Waals surface area contributed by atoms with Crippen LogP contribution in [0.5, 0.6) is 0 Å². The Kier molecular flexibility index (Phi) is 7.10. The number of fused-ring (bicyclic) bond motifs is 1. The Hall–Kier alpha value is -2.25. The summed E-state index contributed by atoms with van der Waals surface area (Å²) in [5.74, 6) is -2.22. The number of methoxy groups -OCH3 is 1. The highest BCUT2D eigenvalue weighted by molar-refractivity contribution is 5.91. The molecular weight excluding hydrogens is 352 g/mol. The van der Waals surface area contributed by atoms with Crippen LogP contribution < -0.4 is 0 Å². The van der Waals surface area contributed by atoms with Crippen LogP contribution in [-0.4, -0.2) is 55.4 Å². The van der Waals surface area contributed by atoms with Crippen LogP contribution in [0.1, 0.15) is 26.7 Å². The van der Waals surface area contributed by atoms with E-state index in [1.165, 1.54) is 7.11 Å². The van der Waals surface area contributed by atoms with Crippen LogP contribution in [0.2, 0.25) is 0 Å². The molecule has 1 saturated heterocycles. The molecule has 1 fully saturated rings. The molecule has 7 heteroatoms. The van der Waals surface area contributed by atoms with Crippen LogP contribution in [-0.2, 0) is 28.6 Å². The zero-order chi connectivity index (χ0) is 20.1. The Morgan fingerprint density at radius 2 is 2.19 bits per heavy atom. The van der Waals surface area contributed by atoms with Crippen LogP contribution in [0.15, 0.2) is 35.5 Å². The van der Waals surface area contributed by atoms with Gasteiger partial charge in [0.2, 0.25) is 0 Å². The normalized spacial score (nSPS) is 32.6. The van der Waals surface area contributed by atoms with Gasteiger partial charge >= 0.3 is 11.9 Å². The molecule has 1 aliphatic carbocycles. The highest BCUT2D eigenvalue weighted by Gasteiger charge is 2.48. The molecule has 7 nitrogen and oxygen atoms in total. The smallest absolute Gasteiger partial charge is 0.334 e. The summed E-state index contributed by atoms with van der Waals surface area (Å²) in [7, 11) is 1.41. The van der Waals surface area contributed by atoms with E-state index in [1.54, 1.807) is 26.0 Å². The van der Waals surface area contributed by atoms with Crippen molar-refractivity contribution in [3.63, 3.8) is 0 Å². The van der Waals surface area contributed by atoms with Gasteiger partial charge in [-0.05, 0) is 24.5 Å². The fourth-order valence-corrected chi connectivity index (χ4v) is 3.29. The zero-order valence-corrected chi connectivity index (χ0v) is 15.8. The quantitative estimate of drug-likeness (QED) is 0.335. The fourth-order valence-electron chi connectivity index (χ4n) is 3.29. The van der Waals surface area contributed by atoms with Crippen LogP contribution in [0.3, 0.4) is 0 Å². The molecule has 0 unspecified atom stereocenters. The van der Waals surface area contributed by atoms with Crippen molar-refractivity contribution < 1.29 is 33.7 Å². The summed E-state index contributed by atoms with van der Waals surface area (Å²) in [4.78, 5) is 36.2. The van der Waals surface area contributed by atoms with E-state index in [9.17, 15) is 19.5 Å². The molecule has 1 N–H and O–H groups in total. The first-order valence-corrected chi connectivity index (χ1v) is 8.92. The van der Waals surface area contributed by atoms with Gasteiger partial charge in [0.25, 0.3) is 0 Å². The molecule has 1 heterocycles. The molecule has 0 aromatic rings. The van der Waals surface area contributed by atoms with Crippen molar-refractivity contribution in [3.05, 3.63) is 35.5 Å². The number of esters is 2. The van der Waals surface area contributed by atoms with Crippen LogP contribution in [0, 0.1) is 11.8 Å². The number of hydrogen-bond donors (Lipinski definition) is 1. The van der Waals surface area contributed by atoms with Crippen molar-refractivity contribution in [1.82, 2.24) is 0 Å². The average molecular weight is 378 g/mol. The number of allylic oxidation sites excluding steroid dienone is 1. The summed E-state index contributed by atoms with van der Waals surface area (Å²) >= 11 is 0. The van der Waals surface area contributed by atoms with E-state index in [4.69, 9.17) is 14.2 Å². The summed E-state index contributed by atoms with van der Waals surface area (Å²) < 4.78 is 16.6. The van der Waals surface area contributed by atoms with Gasteiger partial charge in [-0.3, -0.25) is 9.59 Å². The van der Waals surface area contributed by atoms with E-state index in [2.05, 4.69) is 6.58 Å². The second-order valence-corrected chi connectivity index (χ2v) is 6.98. The summed E-state index contributed by atoms with van der Waals surface area (Å²) in [6.07, 6.45) is 2.40. The summed E-state index contributed by atoms with van der Waals surface area (Å²) in [5.41, 5.74) is 1.12. The Labute approximate surface area is 158 Å². The number of carbonyl (C=O) groups excluding carboxylic acids is 3. The Bertz CT molecular complexity index is 674. The number of aliphatic hydroxyl groups is 1. The lowest BCUT2D eigenvalue weighted by Gasteiger charge is -2.33. The summed E-state index contributed by atoms with van der Waals surface area (Å²) in [6.45, 7) is 6.97. The minimum Gasteiger partial charge on any atom is -0.458 e. The third-order valence-corrected chi connectivity index (χ3v) is 4.80. The van der Waals surface area contributed by atoms with Crippen LogP contribution in [0.4, 0.5) is 0 Å². The second kappa shape index (κ2) is 9.10. The van der Waals surface area contributed by atoms with E-state index in [-0.39, 0.29) is 12.2 Å². The van der Waals surface area contributed by atoms with E-state index < -0.39 is 42.1 Å². The third-order valence-electron chi connectivity index (χ3n) is 4.80. The third kappa shape index (κ3) is 4.54. The van der Waals surface area contributed by atoms with Gasteiger partial charge in [0.05, 0.1) is 18.4 Å². The maximum atomic E-state index is 12.3. The SMILES string of the molecule is C=C1C(=O)O[C@@H]2/C=C(\CO)CC/C=C(\C=O)[C@H](OC)[C@@H](OC(=O)C(C)C)[C@@H]12. The van der Waals surface area contributed by atoms with Crippen molar-refractivity contribution >= 4 is 18.2 Å². The van der Waals surface area contributed by atoms with Crippen molar-refractivity contribution in [2.24, 2.45) is 11.8 Å². The lowest BCUT2D eigenvalue weighted by molar-refractivity contribution is -0.163. The first-order valence-electron chi connectivity index (χ1n) is 8.92. The van der Waals surface area contributed by atoms with Crippen LogP contribution >= 0.6 is 0 Å². The van der Waals surface area contributed by atoms with Gasteiger partial charge in [-0.2, -0.15) is 0 Å². The first kappa shape index (κ1) is 21.1. The molecule has 0 aromatic heterocycles. The maximum absolute atomic E-state index is 12.3. The largest absolute Gasteiger partial charge is 0.458 e. The molecular formula is C20H26O7. The standard InChI is InChI=1S/C20H26O7/c1-11(2)19(23)27-18-16-12(3)20(24)26-15(16)8-13(9-21)6-5-7-14(10-22)17(18)25-4/h7-8,10-11,15-18,21H,3,5-6,9H2,1-2,4H3/b13-8-,14-7+/t15-,16+,17+,18+/m1/s1. The molecule has 4 atom stereocenters. The van der Waals surface area contributed by atoms with Gasteiger partial charge < -0.3 is 19.3 Å². The predicted molar refractivity (Wildman–Crippen MR) is 96.6 cm³/mol. The number of aldehydes is 1. The van der Waals surface area contributed by atoms with E-state index in [1.807, 2.05) is 0 Å². The van der Waals surface area contributed by atoms with Gasteiger partial charge in [0, 0.05) is 18.3 Å². The van der Waals surface area contributed by atoms with Crippen molar-refractivity contribution in [2.75, 3.05) is 13.7 Å². The van der Waals surface area contributed by atoms with Gasteiger partial charge in [-0.1, -0.05) is 26.5 Å². The number of carbonyl (C=O) groups is 3. The molecule has 0 aromatic carbocycles. The lowest BCUT2D eigenvalue weighted by Crippen LogP contribution is -2.44. The summed E-state index contributed by atoms with van der Waals surface area (Å²) in [5, 5.41) is 9.60. The monoisotopic (exact) mass is 378 g/mol. The predicted octanol–water partition coefficient (Wildman–Crippen LogP) is 1.50. The van der Waals surface area contributed by atoms with Gasteiger partial charge in [-0.15, -0.1) is 0 Å². The average Bonchev–Trinajstić information content (AvgIpc) is 2.92. The Balaban J connectivity index is 2.57. The maximum Gasteiger partial charge on any atom is 0.334 e. The fraction of sp³-hybridized carbons (Fsp3) is 0.550. The number of rotatable bonds is 5. The molecule has 2 rings (SSSR count). The Morgan fingerprint density at radius 3 is 2.74 bits per heavy atom. The molecule has 0 amide bonds. The minimum absolute atomic E-state index is 0.142. The number of hydrogen-bond acceptors (Lipinski definition) is 7. The van der Waals surface area contributed by atoms with Crippen molar-refractivity contribution in [2.45, 2.75) is 45.0 Å². The van der Waals surface area contributed by atoms with Gasteiger partial charge in [-0.25, -0.2) is 4.79 Å². The molecule has 0 spiro atoms. The molecule has 0 radical (unpaired) electrons. The highest BCUT2D eigenvalue weighted by atomic mass is 16.6. The molecule has 2 aliphatic rings. The lowest BCUT2D eigenvalue weighted by atomic mass is 9.83. The van der Waals surface area contributed by atoms with Crippen molar-refractivity contribution in [3.8, 4) is 0 Å².